The molecule has 0 saturated heterocycles. The number of nitrogens with zero attached hydrogens (tertiary/aromatic N) is 1. The third-order valence-corrected chi connectivity index (χ3v) is 5.00. The minimum atomic E-state index is -0.820. The van der Waals surface area contributed by atoms with Crippen LogP contribution in [0.4, 0.5) is 13.2 Å². The molecule has 0 heterocycles. The third-order valence-electron chi connectivity index (χ3n) is 5.00. The third kappa shape index (κ3) is 5.20. The van der Waals surface area contributed by atoms with Gasteiger partial charge >= 0.3 is 0 Å². The van der Waals surface area contributed by atoms with Crippen molar-refractivity contribution < 1.29 is 17.9 Å². The van der Waals surface area contributed by atoms with Crippen LogP contribution < -0.4 is 0 Å². The van der Waals surface area contributed by atoms with Crippen molar-refractivity contribution in [2.24, 2.45) is 0 Å². The van der Waals surface area contributed by atoms with Crippen LogP contribution in [0.25, 0.3) is 0 Å². The molecular weight excluding hydrogens is 327 g/mol. The van der Waals surface area contributed by atoms with Gasteiger partial charge in [0.2, 0.25) is 0 Å². The lowest BCUT2D eigenvalue weighted by Crippen LogP contribution is -2.35. The molecule has 1 aliphatic carbocycles. The second kappa shape index (κ2) is 8.87. The number of allylic oxidation sites excluding steroid dienone is 4. The van der Waals surface area contributed by atoms with Crippen molar-refractivity contribution in [3.63, 3.8) is 0 Å². The summed E-state index contributed by atoms with van der Waals surface area (Å²) < 4.78 is 44.9. The fraction of sp³-hybridized carbons (Fsp3) is 0.450. The maximum Gasteiger partial charge on any atom is 0.199 e. The van der Waals surface area contributed by atoms with Crippen molar-refractivity contribution in [3.8, 4) is 6.07 Å². The molecular formula is C20H22F3NO. The highest BCUT2D eigenvalue weighted by Crippen LogP contribution is 2.42. The largest absolute Gasteiger partial charge is 0.378 e. The lowest BCUT2D eigenvalue weighted by atomic mass is 9.74. The molecule has 1 aromatic carbocycles. The number of methoxy groups -OCH3 is 1. The van der Waals surface area contributed by atoms with Crippen LogP contribution in [-0.2, 0) is 4.74 Å². The van der Waals surface area contributed by atoms with Crippen molar-refractivity contribution in [3.05, 3.63) is 59.5 Å². The minimum absolute atomic E-state index is 0.210. The first kappa shape index (κ1) is 19.3. The van der Waals surface area contributed by atoms with Gasteiger partial charge in [-0.15, -0.1) is 0 Å². The maximum atomic E-state index is 13.4. The van der Waals surface area contributed by atoms with Crippen LogP contribution in [0.2, 0.25) is 0 Å². The number of ether oxygens (including phenoxy) is 1. The summed E-state index contributed by atoms with van der Waals surface area (Å²) in [7, 11) is 1.69. The smallest absolute Gasteiger partial charge is 0.199 e. The highest BCUT2D eigenvalue weighted by molar-refractivity contribution is 5.23. The van der Waals surface area contributed by atoms with E-state index in [0.717, 1.165) is 50.2 Å². The standard InChI is InChI=1S/C20H22F3NO/c1-25-20(10-4-2-3-5-17(21)14-24)11-8-15(9-12-20)16-6-7-18(22)19(23)13-16/h2-3,5-7,13,15H,4,8-12H2,1H3. The van der Waals surface area contributed by atoms with E-state index < -0.39 is 17.5 Å². The topological polar surface area (TPSA) is 33.0 Å². The van der Waals surface area contributed by atoms with Crippen molar-refractivity contribution in [2.45, 2.75) is 50.0 Å². The summed E-state index contributed by atoms with van der Waals surface area (Å²) in [6.45, 7) is 0. The lowest BCUT2D eigenvalue weighted by Gasteiger charge is -2.39. The molecule has 2 nitrogen and oxygen atoms in total. The Kier molecular flexibility index (Phi) is 6.83. The Morgan fingerprint density at radius 3 is 2.64 bits per heavy atom. The summed E-state index contributed by atoms with van der Waals surface area (Å²) >= 11 is 0. The van der Waals surface area contributed by atoms with E-state index in [0.29, 0.717) is 0 Å². The first-order chi connectivity index (χ1) is 12.0. The maximum absolute atomic E-state index is 13.4. The number of halogens is 3. The zero-order valence-electron chi connectivity index (χ0n) is 14.3. The normalized spacial score (nSPS) is 24.4. The van der Waals surface area contributed by atoms with Crippen LogP contribution >= 0.6 is 0 Å². The lowest BCUT2D eigenvalue weighted by molar-refractivity contribution is -0.0483. The summed E-state index contributed by atoms with van der Waals surface area (Å²) in [6.07, 6.45) is 9.39. The predicted molar refractivity (Wildman–Crippen MR) is 90.5 cm³/mol. The molecule has 0 aliphatic heterocycles. The van der Waals surface area contributed by atoms with E-state index in [9.17, 15) is 13.2 Å². The van der Waals surface area contributed by atoms with Gasteiger partial charge in [-0.05, 0) is 68.2 Å². The molecule has 0 bridgehead atoms. The number of benzene rings is 1. The van der Waals surface area contributed by atoms with Gasteiger partial charge in [-0.25, -0.2) is 8.78 Å². The first-order valence-corrected chi connectivity index (χ1v) is 8.42. The number of rotatable bonds is 6. The highest BCUT2D eigenvalue weighted by atomic mass is 19.2. The Bertz CT molecular complexity index is 683. The summed E-state index contributed by atoms with van der Waals surface area (Å²) in [5.74, 6) is -2.23. The zero-order valence-corrected chi connectivity index (χ0v) is 14.3. The fourth-order valence-corrected chi connectivity index (χ4v) is 3.43. The van der Waals surface area contributed by atoms with Gasteiger partial charge < -0.3 is 4.74 Å². The molecule has 25 heavy (non-hydrogen) atoms. The molecule has 1 aromatic rings. The molecule has 0 N–H and O–H groups in total. The molecule has 0 aromatic heterocycles. The molecule has 2 rings (SSSR count). The average Bonchev–Trinajstić information content (AvgIpc) is 2.64. The van der Waals surface area contributed by atoms with Crippen LogP contribution in [0.5, 0.6) is 0 Å². The second-order valence-corrected chi connectivity index (χ2v) is 6.43. The van der Waals surface area contributed by atoms with Crippen LogP contribution in [0, 0.1) is 23.0 Å². The Balaban J connectivity index is 1.91. The van der Waals surface area contributed by atoms with Gasteiger partial charge in [-0.1, -0.05) is 18.2 Å². The van der Waals surface area contributed by atoms with Crippen molar-refractivity contribution >= 4 is 0 Å². The van der Waals surface area contributed by atoms with Gasteiger partial charge in [-0.3, -0.25) is 0 Å². The van der Waals surface area contributed by atoms with E-state index in [1.54, 1.807) is 13.2 Å². The van der Waals surface area contributed by atoms with Crippen molar-refractivity contribution in [2.75, 3.05) is 7.11 Å². The van der Waals surface area contributed by atoms with Crippen LogP contribution in [0.1, 0.15) is 50.0 Å². The summed E-state index contributed by atoms with van der Waals surface area (Å²) in [6, 6.07) is 5.55. The first-order valence-electron chi connectivity index (χ1n) is 8.42. The quantitative estimate of drug-likeness (QED) is 0.486. The molecule has 5 heteroatoms. The van der Waals surface area contributed by atoms with E-state index in [-0.39, 0.29) is 11.5 Å². The minimum Gasteiger partial charge on any atom is -0.378 e. The molecule has 0 amide bonds. The molecule has 0 spiro atoms. The number of hydrogen-bond donors (Lipinski definition) is 0. The van der Waals surface area contributed by atoms with Crippen LogP contribution in [0.15, 0.2) is 42.3 Å². The average molecular weight is 349 g/mol. The molecule has 1 fully saturated rings. The van der Waals surface area contributed by atoms with Crippen LogP contribution in [-0.4, -0.2) is 12.7 Å². The van der Waals surface area contributed by atoms with Crippen molar-refractivity contribution in [1.29, 1.82) is 5.26 Å². The van der Waals surface area contributed by atoms with Gasteiger partial charge in [0.25, 0.3) is 0 Å². The zero-order chi connectivity index (χ0) is 18.3. The SMILES string of the molecule is COC1(CCC=CC=C(F)C#N)CCC(c2ccc(F)c(F)c2)CC1. The van der Waals surface area contributed by atoms with E-state index in [1.165, 1.54) is 24.3 Å². The van der Waals surface area contributed by atoms with Crippen LogP contribution in [0.3, 0.4) is 0 Å². The molecule has 0 unspecified atom stereocenters. The highest BCUT2D eigenvalue weighted by Gasteiger charge is 2.35. The summed E-state index contributed by atoms with van der Waals surface area (Å²) in [5, 5.41) is 8.33. The molecule has 1 aliphatic rings. The predicted octanol–water partition coefficient (Wildman–Crippen LogP) is 5.72. The molecule has 0 atom stereocenters. The van der Waals surface area contributed by atoms with Gasteiger partial charge in [-0.2, -0.15) is 9.65 Å². The van der Waals surface area contributed by atoms with Crippen molar-refractivity contribution in [1.82, 2.24) is 0 Å². The van der Waals surface area contributed by atoms with Gasteiger partial charge in [0.1, 0.15) is 6.07 Å². The van der Waals surface area contributed by atoms with E-state index in [4.69, 9.17) is 10.00 Å². The molecule has 1 saturated carbocycles. The monoisotopic (exact) mass is 349 g/mol. The van der Waals surface area contributed by atoms with Gasteiger partial charge in [0.15, 0.2) is 17.5 Å². The van der Waals surface area contributed by atoms with E-state index >= 15 is 0 Å². The molecule has 0 radical (unpaired) electrons. The Labute approximate surface area is 146 Å². The fourth-order valence-electron chi connectivity index (χ4n) is 3.43. The van der Waals surface area contributed by atoms with E-state index in [2.05, 4.69) is 0 Å². The second-order valence-electron chi connectivity index (χ2n) is 6.43. The Morgan fingerprint density at radius 2 is 2.04 bits per heavy atom. The van der Waals surface area contributed by atoms with Gasteiger partial charge in [0.05, 0.1) is 5.60 Å². The van der Waals surface area contributed by atoms with Gasteiger partial charge in [0, 0.05) is 7.11 Å². The number of nitriles is 1. The van der Waals surface area contributed by atoms with E-state index in [1.807, 2.05) is 6.08 Å². The molecule has 134 valence electrons. The Hall–Kier alpha value is -2.06. The summed E-state index contributed by atoms with van der Waals surface area (Å²) in [5.41, 5.74) is 0.595. The number of hydrogen-bond acceptors (Lipinski definition) is 2. The Morgan fingerprint density at radius 1 is 1.32 bits per heavy atom. The summed E-state index contributed by atoms with van der Waals surface area (Å²) in [4.78, 5) is 0.